The van der Waals surface area contributed by atoms with E-state index in [1.54, 1.807) is 25.4 Å². The van der Waals surface area contributed by atoms with Crippen LogP contribution in [-0.4, -0.2) is 24.6 Å². The molecule has 3 rings (SSSR count). The van der Waals surface area contributed by atoms with Crippen molar-refractivity contribution >= 4 is 23.7 Å². The molecular weight excluding hydrogens is 340 g/mol. The number of para-hydroxylation sites is 2. The molecule has 0 bridgehead atoms. The summed E-state index contributed by atoms with van der Waals surface area (Å²) >= 11 is 0. The van der Waals surface area contributed by atoms with Gasteiger partial charge in [-0.1, -0.05) is 36.4 Å². The minimum Gasteiger partial charge on any atom is -0.493 e. The number of benzene rings is 2. The minimum absolute atomic E-state index is 0.103. The van der Waals surface area contributed by atoms with Crippen LogP contribution in [0.5, 0.6) is 11.5 Å². The predicted octanol–water partition coefficient (Wildman–Crippen LogP) is 4.28. The highest BCUT2D eigenvalue weighted by molar-refractivity contribution is 5.92. The first-order valence-electron chi connectivity index (χ1n) is 8.49. The number of anilines is 1. The molecule has 5 heteroatoms. The Hall–Kier alpha value is -3.60. The molecule has 2 aromatic carbocycles. The smallest absolute Gasteiger partial charge is 0.262 e. The Morgan fingerprint density at radius 3 is 2.59 bits per heavy atom. The van der Waals surface area contributed by atoms with Gasteiger partial charge < -0.3 is 14.8 Å². The van der Waals surface area contributed by atoms with Crippen LogP contribution in [0.2, 0.25) is 0 Å². The number of ether oxygens (including phenoxy) is 2. The molecule has 0 fully saturated rings. The Balaban J connectivity index is 1.59. The first-order valence-corrected chi connectivity index (χ1v) is 8.49. The fourth-order valence-electron chi connectivity index (χ4n) is 2.45. The van der Waals surface area contributed by atoms with Crippen molar-refractivity contribution in [1.82, 2.24) is 4.98 Å². The number of aromatic nitrogens is 1. The van der Waals surface area contributed by atoms with Crippen LogP contribution >= 0.6 is 0 Å². The molecule has 0 spiro atoms. The molecule has 1 heterocycles. The molecule has 0 radical (unpaired) electrons. The van der Waals surface area contributed by atoms with Gasteiger partial charge in [-0.05, 0) is 48.0 Å². The van der Waals surface area contributed by atoms with Crippen molar-refractivity contribution in [3.8, 4) is 11.5 Å². The van der Waals surface area contributed by atoms with Crippen molar-refractivity contribution in [3.05, 3.63) is 84.2 Å². The van der Waals surface area contributed by atoms with Crippen LogP contribution in [0.4, 0.5) is 5.69 Å². The topological polar surface area (TPSA) is 60.5 Å². The fraction of sp³-hybridized carbons (Fsp3) is 0.0909. The number of hydrogen-bond donors (Lipinski definition) is 1. The van der Waals surface area contributed by atoms with Gasteiger partial charge in [-0.25, -0.2) is 0 Å². The largest absolute Gasteiger partial charge is 0.493 e. The lowest BCUT2D eigenvalue weighted by atomic mass is 10.1. The molecular formula is C22H20N2O3. The van der Waals surface area contributed by atoms with Gasteiger partial charge in [-0.2, -0.15) is 0 Å². The third-order valence-electron chi connectivity index (χ3n) is 3.73. The molecule has 0 saturated carbocycles. The number of nitrogens with one attached hydrogen (secondary N) is 1. The van der Waals surface area contributed by atoms with Gasteiger partial charge in [-0.3, -0.25) is 9.78 Å². The van der Waals surface area contributed by atoms with Gasteiger partial charge in [0, 0.05) is 11.9 Å². The second-order valence-electron chi connectivity index (χ2n) is 5.70. The highest BCUT2D eigenvalue weighted by Gasteiger charge is 2.07. The summed E-state index contributed by atoms with van der Waals surface area (Å²) in [4.78, 5) is 16.4. The average molecular weight is 360 g/mol. The van der Waals surface area contributed by atoms with Crippen LogP contribution < -0.4 is 14.8 Å². The summed E-state index contributed by atoms with van der Waals surface area (Å²) in [5.74, 6) is 0.876. The SMILES string of the molecule is COc1ccccc1OCC(=O)Nc1cccc(/C=C/c2ccccn2)c1. The number of hydrogen-bond acceptors (Lipinski definition) is 4. The predicted molar refractivity (Wildman–Crippen MR) is 107 cm³/mol. The van der Waals surface area contributed by atoms with Crippen LogP contribution in [-0.2, 0) is 4.79 Å². The van der Waals surface area contributed by atoms with E-state index in [2.05, 4.69) is 10.3 Å². The van der Waals surface area contributed by atoms with Crippen LogP contribution in [0.1, 0.15) is 11.3 Å². The number of nitrogens with zero attached hydrogens (tertiary/aromatic N) is 1. The highest BCUT2D eigenvalue weighted by atomic mass is 16.5. The zero-order valence-corrected chi connectivity index (χ0v) is 15.0. The van der Waals surface area contributed by atoms with Crippen LogP contribution in [0, 0.1) is 0 Å². The zero-order valence-electron chi connectivity index (χ0n) is 15.0. The maximum atomic E-state index is 12.2. The van der Waals surface area contributed by atoms with Gasteiger partial charge in [0.1, 0.15) is 0 Å². The Labute approximate surface area is 158 Å². The van der Waals surface area contributed by atoms with E-state index in [4.69, 9.17) is 9.47 Å². The van der Waals surface area contributed by atoms with E-state index in [1.807, 2.05) is 66.7 Å². The molecule has 0 aliphatic carbocycles. The van der Waals surface area contributed by atoms with Gasteiger partial charge in [0.25, 0.3) is 5.91 Å². The van der Waals surface area contributed by atoms with Gasteiger partial charge in [-0.15, -0.1) is 0 Å². The summed E-state index contributed by atoms with van der Waals surface area (Å²) in [5, 5.41) is 2.83. The van der Waals surface area contributed by atoms with E-state index in [-0.39, 0.29) is 12.5 Å². The lowest BCUT2D eigenvalue weighted by molar-refractivity contribution is -0.118. The van der Waals surface area contributed by atoms with E-state index >= 15 is 0 Å². The minimum atomic E-state index is -0.244. The molecule has 27 heavy (non-hydrogen) atoms. The Morgan fingerprint density at radius 1 is 1.00 bits per heavy atom. The summed E-state index contributed by atoms with van der Waals surface area (Å²) in [6, 6.07) is 20.5. The Morgan fingerprint density at radius 2 is 1.81 bits per heavy atom. The van der Waals surface area contributed by atoms with Crippen LogP contribution in [0.3, 0.4) is 0 Å². The highest BCUT2D eigenvalue weighted by Crippen LogP contribution is 2.25. The molecule has 1 aromatic heterocycles. The van der Waals surface area contributed by atoms with Crippen molar-refractivity contribution < 1.29 is 14.3 Å². The first kappa shape index (κ1) is 18.2. The molecule has 5 nitrogen and oxygen atoms in total. The number of carbonyl (C=O) groups excluding carboxylic acids is 1. The monoisotopic (exact) mass is 360 g/mol. The Kier molecular flexibility index (Phi) is 6.20. The first-order chi connectivity index (χ1) is 13.2. The molecule has 1 amide bonds. The normalized spacial score (nSPS) is 10.6. The summed E-state index contributed by atoms with van der Waals surface area (Å²) in [7, 11) is 1.56. The van der Waals surface area contributed by atoms with E-state index in [1.165, 1.54) is 0 Å². The molecule has 0 saturated heterocycles. The van der Waals surface area contributed by atoms with Crippen LogP contribution in [0.15, 0.2) is 72.9 Å². The maximum absolute atomic E-state index is 12.2. The second-order valence-corrected chi connectivity index (χ2v) is 5.70. The number of carbonyl (C=O) groups is 1. The summed E-state index contributed by atoms with van der Waals surface area (Å²) in [5.41, 5.74) is 2.54. The molecule has 3 aromatic rings. The van der Waals surface area contributed by atoms with E-state index < -0.39 is 0 Å². The number of methoxy groups -OCH3 is 1. The lowest BCUT2D eigenvalue weighted by Gasteiger charge is -2.10. The fourth-order valence-corrected chi connectivity index (χ4v) is 2.45. The second kappa shape index (κ2) is 9.20. The molecule has 0 aliphatic rings. The zero-order chi connectivity index (χ0) is 18.9. The molecule has 0 unspecified atom stereocenters. The van der Waals surface area contributed by atoms with Crippen molar-refractivity contribution in [1.29, 1.82) is 0 Å². The maximum Gasteiger partial charge on any atom is 0.262 e. The quantitative estimate of drug-likeness (QED) is 0.683. The van der Waals surface area contributed by atoms with Crippen LogP contribution in [0.25, 0.3) is 12.2 Å². The van der Waals surface area contributed by atoms with E-state index in [0.29, 0.717) is 17.2 Å². The number of pyridine rings is 1. The summed E-state index contributed by atoms with van der Waals surface area (Å²) in [6.45, 7) is -0.103. The van der Waals surface area contributed by atoms with Gasteiger partial charge in [0.2, 0.25) is 0 Å². The van der Waals surface area contributed by atoms with Crippen molar-refractivity contribution in [2.24, 2.45) is 0 Å². The van der Waals surface area contributed by atoms with E-state index in [9.17, 15) is 4.79 Å². The van der Waals surface area contributed by atoms with Crippen molar-refractivity contribution in [2.45, 2.75) is 0 Å². The van der Waals surface area contributed by atoms with Gasteiger partial charge >= 0.3 is 0 Å². The number of rotatable bonds is 7. The average Bonchev–Trinajstić information content (AvgIpc) is 2.72. The van der Waals surface area contributed by atoms with E-state index in [0.717, 1.165) is 11.3 Å². The standard InChI is InChI=1S/C22H20N2O3/c1-26-20-10-2-3-11-21(20)27-16-22(25)24-19-9-6-7-17(15-19)12-13-18-8-4-5-14-23-18/h2-15H,16H2,1H3,(H,24,25)/b13-12+. The molecule has 0 aliphatic heterocycles. The lowest BCUT2D eigenvalue weighted by Crippen LogP contribution is -2.20. The van der Waals surface area contributed by atoms with Crippen molar-refractivity contribution in [2.75, 3.05) is 19.0 Å². The third kappa shape index (κ3) is 5.44. The Bertz CT molecular complexity index is 924. The molecule has 0 atom stereocenters. The van der Waals surface area contributed by atoms with Gasteiger partial charge in [0.15, 0.2) is 18.1 Å². The summed E-state index contributed by atoms with van der Waals surface area (Å²) < 4.78 is 10.7. The molecule has 136 valence electrons. The third-order valence-corrected chi connectivity index (χ3v) is 3.73. The van der Waals surface area contributed by atoms with Crippen molar-refractivity contribution in [3.63, 3.8) is 0 Å². The summed E-state index contributed by atoms with van der Waals surface area (Å²) in [6.07, 6.45) is 5.62. The van der Waals surface area contributed by atoms with Gasteiger partial charge in [0.05, 0.1) is 12.8 Å². The number of amides is 1. The molecule has 1 N–H and O–H groups in total.